The third-order valence-corrected chi connectivity index (χ3v) is 6.87. The molecule has 0 saturated heterocycles. The fourth-order valence-corrected chi connectivity index (χ4v) is 5.64. The van der Waals surface area contributed by atoms with Crippen molar-refractivity contribution in [2.24, 2.45) is 5.92 Å². The highest BCUT2D eigenvalue weighted by molar-refractivity contribution is 9.10. The number of benzene rings is 1. The van der Waals surface area contributed by atoms with Gasteiger partial charge < -0.3 is 19.5 Å². The second kappa shape index (κ2) is 10.3. The Morgan fingerprint density at radius 3 is 2.74 bits per heavy atom. The highest BCUT2D eigenvalue weighted by atomic mass is 79.9. The Balaban J connectivity index is 1.83. The molecule has 0 fully saturated rings. The first-order valence-corrected chi connectivity index (χ1v) is 11.7. The van der Waals surface area contributed by atoms with Crippen LogP contribution in [-0.4, -0.2) is 32.7 Å². The minimum Gasteiger partial charge on any atom is -0.493 e. The molecule has 0 spiro atoms. The molecule has 1 heterocycles. The minimum absolute atomic E-state index is 0.293. The Morgan fingerprint density at radius 1 is 1.29 bits per heavy atom. The van der Waals surface area contributed by atoms with E-state index in [0.29, 0.717) is 34.6 Å². The van der Waals surface area contributed by atoms with Gasteiger partial charge in [-0.25, -0.2) is 4.79 Å². The van der Waals surface area contributed by atoms with Gasteiger partial charge in [0, 0.05) is 11.0 Å². The van der Waals surface area contributed by atoms with E-state index in [4.69, 9.17) is 14.2 Å². The number of amides is 1. The monoisotopic (exact) mass is 507 g/mol. The molecule has 1 aliphatic carbocycles. The molecule has 1 aliphatic rings. The second-order valence-electron chi connectivity index (χ2n) is 7.34. The van der Waals surface area contributed by atoms with Gasteiger partial charge in [0.2, 0.25) is 5.91 Å². The average Bonchev–Trinajstić information content (AvgIpc) is 3.08. The van der Waals surface area contributed by atoms with E-state index in [2.05, 4.69) is 28.2 Å². The van der Waals surface area contributed by atoms with Gasteiger partial charge in [-0.3, -0.25) is 4.79 Å². The first-order valence-electron chi connectivity index (χ1n) is 10.1. The fourth-order valence-electron chi connectivity index (χ4n) is 3.62. The lowest BCUT2D eigenvalue weighted by Crippen LogP contribution is -2.15. The molecule has 31 heavy (non-hydrogen) atoms. The summed E-state index contributed by atoms with van der Waals surface area (Å²) in [5.74, 6) is 1.01. The van der Waals surface area contributed by atoms with Gasteiger partial charge in [-0.1, -0.05) is 6.92 Å². The van der Waals surface area contributed by atoms with Crippen LogP contribution in [0.3, 0.4) is 0 Å². The number of fused-ring (bicyclic) bond motifs is 1. The maximum atomic E-state index is 12.6. The summed E-state index contributed by atoms with van der Waals surface area (Å²) in [5, 5.41) is 3.44. The number of carbonyl (C=O) groups excluding carboxylic acids is 2. The van der Waals surface area contributed by atoms with Crippen molar-refractivity contribution in [2.75, 3.05) is 26.1 Å². The number of esters is 1. The van der Waals surface area contributed by atoms with Crippen LogP contribution in [0.4, 0.5) is 5.00 Å². The molecular weight excluding hydrogens is 482 g/mol. The van der Waals surface area contributed by atoms with Crippen molar-refractivity contribution in [1.82, 2.24) is 0 Å². The number of anilines is 1. The molecule has 2 aromatic rings. The topological polar surface area (TPSA) is 73.9 Å². The third-order valence-electron chi connectivity index (χ3n) is 5.11. The molecule has 1 atom stereocenters. The second-order valence-corrected chi connectivity index (χ2v) is 9.30. The molecule has 3 rings (SSSR count). The van der Waals surface area contributed by atoms with Crippen LogP contribution in [0, 0.1) is 5.92 Å². The predicted octanol–water partition coefficient (Wildman–Crippen LogP) is 5.48. The van der Waals surface area contributed by atoms with Crippen molar-refractivity contribution in [2.45, 2.75) is 33.1 Å². The van der Waals surface area contributed by atoms with Gasteiger partial charge in [0.15, 0.2) is 11.5 Å². The van der Waals surface area contributed by atoms with E-state index in [1.54, 1.807) is 33.3 Å². The van der Waals surface area contributed by atoms with Crippen LogP contribution >= 0.6 is 27.3 Å². The largest absolute Gasteiger partial charge is 0.493 e. The molecule has 166 valence electrons. The number of hydrogen-bond donors (Lipinski definition) is 1. The molecule has 0 saturated carbocycles. The van der Waals surface area contributed by atoms with Crippen LogP contribution in [0.5, 0.6) is 11.5 Å². The molecule has 1 unspecified atom stereocenters. The minimum atomic E-state index is -0.377. The van der Waals surface area contributed by atoms with Crippen molar-refractivity contribution < 1.29 is 23.8 Å². The van der Waals surface area contributed by atoms with Crippen LogP contribution in [0.25, 0.3) is 6.08 Å². The number of nitrogens with one attached hydrogen (secondary N) is 1. The first kappa shape index (κ1) is 23.3. The van der Waals surface area contributed by atoms with E-state index in [1.807, 2.05) is 6.07 Å². The molecule has 1 N–H and O–H groups in total. The van der Waals surface area contributed by atoms with Crippen molar-refractivity contribution >= 4 is 50.2 Å². The lowest BCUT2D eigenvalue weighted by Gasteiger charge is -2.18. The number of halogens is 1. The summed E-state index contributed by atoms with van der Waals surface area (Å²) in [4.78, 5) is 26.4. The van der Waals surface area contributed by atoms with Gasteiger partial charge in [0.25, 0.3) is 0 Å². The number of ether oxygens (including phenoxy) is 3. The molecule has 0 radical (unpaired) electrons. The Hall–Kier alpha value is -2.32. The molecule has 6 nitrogen and oxygen atoms in total. The smallest absolute Gasteiger partial charge is 0.341 e. The maximum Gasteiger partial charge on any atom is 0.341 e. The average molecular weight is 508 g/mol. The van der Waals surface area contributed by atoms with E-state index in [9.17, 15) is 9.59 Å². The Morgan fingerprint density at radius 2 is 2.06 bits per heavy atom. The fraction of sp³-hybridized carbons (Fsp3) is 0.391. The molecule has 0 bridgehead atoms. The zero-order chi connectivity index (χ0) is 22.5. The van der Waals surface area contributed by atoms with Crippen molar-refractivity contribution in [3.63, 3.8) is 0 Å². The zero-order valence-electron chi connectivity index (χ0n) is 18.0. The van der Waals surface area contributed by atoms with Gasteiger partial charge in [0.1, 0.15) is 5.00 Å². The number of hydrogen-bond acceptors (Lipinski definition) is 6. The summed E-state index contributed by atoms with van der Waals surface area (Å²) in [6.45, 7) is 4.28. The van der Waals surface area contributed by atoms with Crippen molar-refractivity contribution in [1.29, 1.82) is 0 Å². The van der Waals surface area contributed by atoms with E-state index in [0.717, 1.165) is 39.7 Å². The van der Waals surface area contributed by atoms with Gasteiger partial charge in [-0.15, -0.1) is 11.3 Å². The number of thiophene rings is 1. The maximum absolute atomic E-state index is 12.6. The van der Waals surface area contributed by atoms with E-state index < -0.39 is 0 Å². The third kappa shape index (κ3) is 5.30. The van der Waals surface area contributed by atoms with Crippen LogP contribution in [0.15, 0.2) is 22.7 Å². The van der Waals surface area contributed by atoms with Crippen LogP contribution < -0.4 is 14.8 Å². The Labute approximate surface area is 194 Å². The summed E-state index contributed by atoms with van der Waals surface area (Å²) >= 11 is 4.92. The standard InChI is InChI=1S/C23H26BrNO5S/c1-5-30-23(27)20-15-8-6-13(2)10-18(15)31-22(20)25-19(26)9-7-14-11-16(24)21(29-4)17(12-14)28-3/h7,9,11-13H,5-6,8,10H2,1-4H3,(H,25,26)/b9-7+. The summed E-state index contributed by atoms with van der Waals surface area (Å²) in [5.41, 5.74) is 2.29. The summed E-state index contributed by atoms with van der Waals surface area (Å²) < 4.78 is 16.6. The summed E-state index contributed by atoms with van der Waals surface area (Å²) in [6.07, 6.45) is 5.88. The Kier molecular flexibility index (Phi) is 7.78. The summed E-state index contributed by atoms with van der Waals surface area (Å²) in [6, 6.07) is 3.61. The van der Waals surface area contributed by atoms with Crippen LogP contribution in [-0.2, 0) is 22.4 Å². The van der Waals surface area contributed by atoms with E-state index in [1.165, 1.54) is 17.4 Å². The molecule has 1 amide bonds. The van der Waals surface area contributed by atoms with E-state index >= 15 is 0 Å². The molecule has 8 heteroatoms. The number of methoxy groups -OCH3 is 2. The lowest BCUT2D eigenvalue weighted by atomic mass is 9.88. The van der Waals surface area contributed by atoms with Crippen LogP contribution in [0.2, 0.25) is 0 Å². The van der Waals surface area contributed by atoms with Gasteiger partial charge in [-0.2, -0.15) is 0 Å². The van der Waals surface area contributed by atoms with Gasteiger partial charge in [0.05, 0.1) is 30.9 Å². The molecule has 1 aromatic heterocycles. The Bertz CT molecular complexity index is 1010. The summed E-state index contributed by atoms with van der Waals surface area (Å²) in [7, 11) is 3.12. The number of carbonyl (C=O) groups is 2. The van der Waals surface area contributed by atoms with Crippen molar-refractivity contribution in [3.8, 4) is 11.5 Å². The normalized spacial score (nSPS) is 15.5. The first-order chi connectivity index (χ1) is 14.9. The quantitative estimate of drug-likeness (QED) is 0.396. The van der Waals surface area contributed by atoms with E-state index in [-0.39, 0.29) is 11.9 Å². The highest BCUT2D eigenvalue weighted by Crippen LogP contribution is 2.40. The van der Waals surface area contributed by atoms with Gasteiger partial charge >= 0.3 is 5.97 Å². The predicted molar refractivity (Wildman–Crippen MR) is 126 cm³/mol. The number of rotatable bonds is 7. The molecular formula is C23H26BrNO5S. The lowest BCUT2D eigenvalue weighted by molar-refractivity contribution is -0.111. The van der Waals surface area contributed by atoms with Crippen LogP contribution in [0.1, 0.15) is 46.6 Å². The molecule has 0 aliphatic heterocycles. The zero-order valence-corrected chi connectivity index (χ0v) is 20.4. The highest BCUT2D eigenvalue weighted by Gasteiger charge is 2.28. The molecule has 1 aromatic carbocycles. The van der Waals surface area contributed by atoms with Gasteiger partial charge in [-0.05, 0) is 77.4 Å². The van der Waals surface area contributed by atoms with Crippen molar-refractivity contribution in [3.05, 3.63) is 44.2 Å². The SMILES string of the molecule is CCOC(=O)c1c(NC(=O)/C=C/c2cc(Br)c(OC)c(OC)c2)sc2c1CCC(C)C2.